The van der Waals surface area contributed by atoms with Gasteiger partial charge in [-0.1, -0.05) is 30.3 Å². The highest BCUT2D eigenvalue weighted by atomic mass is 16.5. The Morgan fingerprint density at radius 3 is 2.39 bits per heavy atom. The van der Waals surface area contributed by atoms with Crippen molar-refractivity contribution in [3.05, 3.63) is 59.7 Å². The molecular formula is C24H32N4O3. The van der Waals surface area contributed by atoms with Crippen molar-refractivity contribution in [3.63, 3.8) is 0 Å². The molecule has 1 fully saturated rings. The first kappa shape index (κ1) is 22.9. The van der Waals surface area contributed by atoms with Crippen molar-refractivity contribution in [3.8, 4) is 11.1 Å². The zero-order chi connectivity index (χ0) is 22.2. The summed E-state index contributed by atoms with van der Waals surface area (Å²) in [7, 11) is 3.46. The van der Waals surface area contributed by atoms with E-state index in [1.807, 2.05) is 47.4 Å². The third-order valence-corrected chi connectivity index (χ3v) is 5.68. The quantitative estimate of drug-likeness (QED) is 0.698. The number of nitrogens with zero attached hydrogens (tertiary/aromatic N) is 3. The molecule has 0 unspecified atom stereocenters. The van der Waals surface area contributed by atoms with Crippen molar-refractivity contribution in [2.24, 2.45) is 5.73 Å². The normalized spacial score (nSPS) is 14.5. The number of hydrogen-bond acceptors (Lipinski definition) is 5. The van der Waals surface area contributed by atoms with Crippen LogP contribution in [-0.2, 0) is 16.1 Å². The summed E-state index contributed by atoms with van der Waals surface area (Å²) >= 11 is 0. The summed E-state index contributed by atoms with van der Waals surface area (Å²) in [6.45, 7) is 5.37. The van der Waals surface area contributed by atoms with Crippen LogP contribution >= 0.6 is 0 Å². The zero-order valence-corrected chi connectivity index (χ0v) is 18.4. The summed E-state index contributed by atoms with van der Waals surface area (Å²) < 4.78 is 5.13. The minimum atomic E-state index is -0.0900. The largest absolute Gasteiger partial charge is 0.383 e. The minimum Gasteiger partial charge on any atom is -0.383 e. The maximum absolute atomic E-state index is 12.9. The van der Waals surface area contributed by atoms with Crippen LogP contribution < -0.4 is 5.73 Å². The number of methoxy groups -OCH3 is 1. The van der Waals surface area contributed by atoms with E-state index in [4.69, 9.17) is 10.5 Å². The number of carbonyl (C=O) groups is 2. The molecule has 0 atom stereocenters. The van der Waals surface area contributed by atoms with Crippen LogP contribution in [0.3, 0.4) is 0 Å². The van der Waals surface area contributed by atoms with Crippen molar-refractivity contribution in [2.75, 3.05) is 60.0 Å². The van der Waals surface area contributed by atoms with Crippen LogP contribution in [0.25, 0.3) is 11.1 Å². The molecule has 0 radical (unpaired) electrons. The maximum atomic E-state index is 12.9. The predicted octanol–water partition coefficient (Wildman–Crippen LogP) is 1.67. The number of benzene rings is 2. The van der Waals surface area contributed by atoms with Crippen molar-refractivity contribution >= 4 is 11.8 Å². The van der Waals surface area contributed by atoms with E-state index in [0.717, 1.165) is 56.0 Å². The van der Waals surface area contributed by atoms with Gasteiger partial charge in [0.1, 0.15) is 0 Å². The average Bonchev–Trinajstić information content (AvgIpc) is 2.82. The van der Waals surface area contributed by atoms with E-state index in [-0.39, 0.29) is 18.4 Å². The molecule has 0 spiro atoms. The molecule has 1 aliphatic rings. The first-order valence-electron chi connectivity index (χ1n) is 10.7. The summed E-state index contributed by atoms with van der Waals surface area (Å²) in [6.07, 6.45) is 0. The van der Waals surface area contributed by atoms with Gasteiger partial charge in [-0.25, -0.2) is 0 Å². The first-order chi connectivity index (χ1) is 15.0. The topological polar surface area (TPSA) is 79.1 Å². The fourth-order valence-corrected chi connectivity index (χ4v) is 3.75. The summed E-state index contributed by atoms with van der Waals surface area (Å²) in [5.74, 6) is -0.0126. The summed E-state index contributed by atoms with van der Waals surface area (Å²) in [5.41, 5.74) is 9.27. The Bertz CT molecular complexity index is 877. The fraction of sp³-hybridized carbons (Fsp3) is 0.417. The van der Waals surface area contributed by atoms with E-state index < -0.39 is 0 Å². The van der Waals surface area contributed by atoms with Gasteiger partial charge in [-0.2, -0.15) is 0 Å². The van der Waals surface area contributed by atoms with Crippen LogP contribution in [0, 0.1) is 0 Å². The molecule has 3 rings (SSSR count). The second kappa shape index (κ2) is 11.0. The lowest BCUT2D eigenvalue weighted by atomic mass is 10.0. The van der Waals surface area contributed by atoms with Gasteiger partial charge in [0.2, 0.25) is 5.91 Å². The van der Waals surface area contributed by atoms with E-state index in [0.29, 0.717) is 12.1 Å². The van der Waals surface area contributed by atoms with Crippen molar-refractivity contribution in [1.82, 2.24) is 14.7 Å². The number of hydrogen-bond donors (Lipinski definition) is 1. The summed E-state index contributed by atoms with van der Waals surface area (Å²) in [6, 6.07) is 15.8. The number of carbonyl (C=O) groups excluding carboxylic acids is 2. The fourth-order valence-electron chi connectivity index (χ4n) is 3.75. The smallest absolute Gasteiger partial charge is 0.253 e. The van der Waals surface area contributed by atoms with Crippen molar-refractivity contribution in [1.29, 1.82) is 0 Å². The first-order valence-corrected chi connectivity index (χ1v) is 10.7. The molecule has 7 heteroatoms. The Morgan fingerprint density at radius 2 is 1.74 bits per heavy atom. The number of rotatable bonds is 8. The maximum Gasteiger partial charge on any atom is 0.253 e. The van der Waals surface area contributed by atoms with Gasteiger partial charge in [0.05, 0.1) is 13.2 Å². The van der Waals surface area contributed by atoms with Crippen LogP contribution in [0.1, 0.15) is 15.9 Å². The second-order valence-corrected chi connectivity index (χ2v) is 7.86. The van der Waals surface area contributed by atoms with E-state index in [2.05, 4.69) is 11.0 Å². The van der Waals surface area contributed by atoms with Crippen LogP contribution in [0.15, 0.2) is 48.5 Å². The Hall–Kier alpha value is -2.74. The van der Waals surface area contributed by atoms with Gasteiger partial charge >= 0.3 is 0 Å². The third kappa shape index (κ3) is 6.13. The van der Waals surface area contributed by atoms with Gasteiger partial charge in [0.15, 0.2) is 0 Å². The van der Waals surface area contributed by atoms with Gasteiger partial charge in [0.25, 0.3) is 5.91 Å². The number of ether oxygens (including phenoxy) is 1. The Labute approximate surface area is 184 Å². The lowest BCUT2D eigenvalue weighted by Crippen LogP contribution is -2.49. The van der Waals surface area contributed by atoms with Crippen molar-refractivity contribution in [2.45, 2.75) is 6.54 Å². The van der Waals surface area contributed by atoms with Gasteiger partial charge in [0, 0.05) is 59.0 Å². The summed E-state index contributed by atoms with van der Waals surface area (Å²) in [5, 5.41) is 0. The van der Waals surface area contributed by atoms with E-state index in [1.54, 1.807) is 19.1 Å². The SMILES string of the molecule is COCCN1CCN(C(=O)c2ccc(-c3cccc(CN(C)C(=O)CN)c3)cc2)CC1. The molecule has 7 nitrogen and oxygen atoms in total. The standard InChI is InChI=1S/C24H32N4O3/c1-26(23(29)17-25)18-19-4-3-5-22(16-19)20-6-8-21(9-7-20)24(30)28-12-10-27(11-13-28)14-15-31-2/h3-9,16H,10-15,17-18,25H2,1-2H3. The van der Waals surface area contributed by atoms with Crippen LogP contribution in [0.5, 0.6) is 0 Å². The van der Waals surface area contributed by atoms with Gasteiger partial charge in [-0.15, -0.1) is 0 Å². The van der Waals surface area contributed by atoms with E-state index >= 15 is 0 Å². The average molecular weight is 425 g/mol. The zero-order valence-electron chi connectivity index (χ0n) is 18.4. The highest BCUT2D eigenvalue weighted by Crippen LogP contribution is 2.22. The van der Waals surface area contributed by atoms with Crippen molar-refractivity contribution < 1.29 is 14.3 Å². The minimum absolute atomic E-state index is 0.00782. The molecule has 166 valence electrons. The Morgan fingerprint density at radius 1 is 1.03 bits per heavy atom. The molecule has 0 aliphatic carbocycles. The molecule has 0 aromatic heterocycles. The highest BCUT2D eigenvalue weighted by molar-refractivity contribution is 5.94. The van der Waals surface area contributed by atoms with Gasteiger partial charge in [-0.05, 0) is 34.9 Å². The van der Waals surface area contributed by atoms with E-state index in [9.17, 15) is 9.59 Å². The number of amides is 2. The summed E-state index contributed by atoms with van der Waals surface area (Å²) in [4.78, 5) is 30.5. The lowest BCUT2D eigenvalue weighted by Gasteiger charge is -2.34. The molecule has 1 saturated heterocycles. The van der Waals surface area contributed by atoms with Gasteiger partial charge < -0.3 is 20.3 Å². The molecular weight excluding hydrogens is 392 g/mol. The Kier molecular flexibility index (Phi) is 8.17. The molecule has 0 bridgehead atoms. The predicted molar refractivity (Wildman–Crippen MR) is 122 cm³/mol. The molecule has 31 heavy (non-hydrogen) atoms. The molecule has 2 aromatic carbocycles. The monoisotopic (exact) mass is 424 g/mol. The molecule has 2 aromatic rings. The van der Waals surface area contributed by atoms with Gasteiger partial charge in [-0.3, -0.25) is 14.5 Å². The van der Waals surface area contributed by atoms with Crippen LogP contribution in [-0.4, -0.2) is 86.5 Å². The second-order valence-electron chi connectivity index (χ2n) is 7.86. The third-order valence-electron chi connectivity index (χ3n) is 5.68. The highest BCUT2D eigenvalue weighted by Gasteiger charge is 2.21. The van der Waals surface area contributed by atoms with Crippen LogP contribution in [0.2, 0.25) is 0 Å². The molecule has 0 saturated carbocycles. The number of piperazine rings is 1. The molecule has 1 heterocycles. The molecule has 2 amide bonds. The van der Waals surface area contributed by atoms with E-state index in [1.165, 1.54) is 0 Å². The van der Waals surface area contributed by atoms with Crippen LogP contribution in [0.4, 0.5) is 0 Å². The Balaban J connectivity index is 1.62. The molecule has 1 aliphatic heterocycles. The number of nitrogens with two attached hydrogens (primary N) is 1. The molecule has 2 N–H and O–H groups in total. The lowest BCUT2D eigenvalue weighted by molar-refractivity contribution is -0.128. The number of likely N-dealkylation sites (N-methyl/N-ethyl adjacent to an activating group) is 1.